The molecule has 1 rings (SSSR count). The van der Waals surface area contributed by atoms with Gasteiger partial charge in [0.25, 0.3) is 0 Å². The number of phenols is 1. The van der Waals surface area contributed by atoms with E-state index < -0.39 is 12.0 Å². The number of rotatable bonds is 4. The SMILES string of the molecule is CCc1cc(C(N)C(=O)O)c(O)cc1OC. The van der Waals surface area contributed by atoms with Crippen molar-refractivity contribution in [3.8, 4) is 11.5 Å². The van der Waals surface area contributed by atoms with Crippen molar-refractivity contribution >= 4 is 5.97 Å². The Morgan fingerprint density at radius 2 is 2.19 bits per heavy atom. The van der Waals surface area contributed by atoms with Gasteiger partial charge in [0, 0.05) is 11.6 Å². The van der Waals surface area contributed by atoms with Gasteiger partial charge in [0.1, 0.15) is 17.5 Å². The number of methoxy groups -OCH3 is 1. The molecule has 1 aromatic rings. The van der Waals surface area contributed by atoms with Crippen LogP contribution in [-0.4, -0.2) is 23.3 Å². The van der Waals surface area contributed by atoms with Crippen LogP contribution < -0.4 is 10.5 Å². The molecule has 0 aliphatic heterocycles. The number of nitrogens with two attached hydrogens (primary N) is 1. The fourth-order valence-corrected chi connectivity index (χ4v) is 1.48. The fraction of sp³-hybridized carbons (Fsp3) is 0.364. The molecule has 0 heterocycles. The molecule has 16 heavy (non-hydrogen) atoms. The second kappa shape index (κ2) is 4.85. The third-order valence-electron chi connectivity index (χ3n) is 2.41. The molecule has 0 aromatic heterocycles. The molecular weight excluding hydrogens is 210 g/mol. The van der Waals surface area contributed by atoms with Gasteiger partial charge in [-0.3, -0.25) is 4.79 Å². The van der Waals surface area contributed by atoms with Gasteiger partial charge < -0.3 is 20.7 Å². The maximum atomic E-state index is 10.7. The van der Waals surface area contributed by atoms with Crippen molar-refractivity contribution in [3.05, 3.63) is 23.3 Å². The van der Waals surface area contributed by atoms with E-state index in [0.29, 0.717) is 12.2 Å². The lowest BCUT2D eigenvalue weighted by atomic mass is 10.0. The average Bonchev–Trinajstić information content (AvgIpc) is 2.27. The second-order valence-corrected chi connectivity index (χ2v) is 3.39. The first-order valence-electron chi connectivity index (χ1n) is 4.89. The van der Waals surface area contributed by atoms with Crippen LogP contribution in [0.15, 0.2) is 12.1 Å². The number of aryl methyl sites for hydroxylation is 1. The molecular formula is C11H15NO4. The number of hydrogen-bond donors (Lipinski definition) is 3. The van der Waals surface area contributed by atoms with E-state index >= 15 is 0 Å². The van der Waals surface area contributed by atoms with Crippen LogP contribution in [0, 0.1) is 0 Å². The Balaban J connectivity index is 3.26. The van der Waals surface area contributed by atoms with Crippen LogP contribution >= 0.6 is 0 Å². The van der Waals surface area contributed by atoms with Crippen molar-refractivity contribution in [2.75, 3.05) is 7.11 Å². The zero-order valence-corrected chi connectivity index (χ0v) is 9.23. The predicted octanol–water partition coefficient (Wildman–Crippen LogP) is 1.05. The summed E-state index contributed by atoms with van der Waals surface area (Å²) in [6.07, 6.45) is 0.669. The predicted molar refractivity (Wildman–Crippen MR) is 58.6 cm³/mol. The summed E-state index contributed by atoms with van der Waals surface area (Å²) in [5, 5.41) is 18.4. The minimum atomic E-state index is -1.23. The summed E-state index contributed by atoms with van der Waals surface area (Å²) >= 11 is 0. The number of aromatic hydroxyl groups is 1. The number of phenolic OH excluding ortho intramolecular Hbond substituents is 1. The molecule has 0 fully saturated rings. The van der Waals surface area contributed by atoms with Crippen molar-refractivity contribution in [2.45, 2.75) is 19.4 Å². The molecule has 0 spiro atoms. The molecule has 4 N–H and O–H groups in total. The maximum absolute atomic E-state index is 10.7. The Morgan fingerprint density at radius 1 is 1.56 bits per heavy atom. The van der Waals surface area contributed by atoms with Crippen molar-refractivity contribution in [1.29, 1.82) is 0 Å². The van der Waals surface area contributed by atoms with Gasteiger partial charge in [-0.25, -0.2) is 0 Å². The van der Waals surface area contributed by atoms with E-state index in [9.17, 15) is 9.90 Å². The summed E-state index contributed by atoms with van der Waals surface area (Å²) in [5.74, 6) is -0.812. The summed E-state index contributed by atoms with van der Waals surface area (Å²) in [7, 11) is 1.49. The third-order valence-corrected chi connectivity index (χ3v) is 2.41. The zero-order valence-electron chi connectivity index (χ0n) is 9.23. The largest absolute Gasteiger partial charge is 0.507 e. The molecule has 0 aliphatic rings. The van der Waals surface area contributed by atoms with E-state index in [1.165, 1.54) is 13.2 Å². The van der Waals surface area contributed by atoms with Crippen LogP contribution in [0.25, 0.3) is 0 Å². The minimum absolute atomic E-state index is 0.163. The van der Waals surface area contributed by atoms with Crippen LogP contribution in [-0.2, 0) is 11.2 Å². The van der Waals surface area contributed by atoms with Gasteiger partial charge in [0.2, 0.25) is 0 Å². The van der Waals surface area contributed by atoms with Gasteiger partial charge in [0.05, 0.1) is 7.11 Å². The first-order chi connectivity index (χ1) is 7.51. The molecule has 1 unspecified atom stereocenters. The molecule has 0 amide bonds. The molecule has 5 nitrogen and oxygen atoms in total. The van der Waals surface area contributed by atoms with Gasteiger partial charge >= 0.3 is 5.97 Å². The van der Waals surface area contributed by atoms with Crippen molar-refractivity contribution in [1.82, 2.24) is 0 Å². The molecule has 0 saturated heterocycles. The average molecular weight is 225 g/mol. The molecule has 5 heteroatoms. The lowest BCUT2D eigenvalue weighted by Gasteiger charge is -2.14. The molecule has 1 atom stereocenters. The van der Waals surface area contributed by atoms with E-state index in [1.54, 1.807) is 6.07 Å². The molecule has 0 aliphatic carbocycles. The number of hydrogen-bond acceptors (Lipinski definition) is 4. The molecule has 0 radical (unpaired) electrons. The van der Waals surface area contributed by atoms with Gasteiger partial charge in [-0.1, -0.05) is 6.92 Å². The van der Waals surface area contributed by atoms with Crippen molar-refractivity contribution < 1.29 is 19.7 Å². The van der Waals surface area contributed by atoms with E-state index in [1.807, 2.05) is 6.92 Å². The number of carboxylic acids is 1. The monoisotopic (exact) mass is 225 g/mol. The maximum Gasteiger partial charge on any atom is 0.325 e. The Labute approximate surface area is 93.5 Å². The number of aliphatic carboxylic acids is 1. The van der Waals surface area contributed by atoms with Crippen LogP contribution in [0.2, 0.25) is 0 Å². The Hall–Kier alpha value is -1.75. The first kappa shape index (κ1) is 12.3. The van der Waals surface area contributed by atoms with Gasteiger partial charge in [-0.15, -0.1) is 0 Å². The van der Waals surface area contributed by atoms with Gasteiger partial charge in [-0.2, -0.15) is 0 Å². The highest BCUT2D eigenvalue weighted by atomic mass is 16.5. The highest BCUT2D eigenvalue weighted by Gasteiger charge is 2.20. The topological polar surface area (TPSA) is 92.8 Å². The summed E-state index contributed by atoms with van der Waals surface area (Å²) in [6.45, 7) is 1.91. The molecule has 88 valence electrons. The lowest BCUT2D eigenvalue weighted by Crippen LogP contribution is -2.21. The molecule has 0 bridgehead atoms. The number of carbonyl (C=O) groups is 1. The van der Waals surface area contributed by atoms with Crippen LogP contribution in [0.4, 0.5) is 0 Å². The lowest BCUT2D eigenvalue weighted by molar-refractivity contribution is -0.138. The summed E-state index contributed by atoms with van der Waals surface area (Å²) in [6, 6.07) is 1.72. The Kier molecular flexibility index (Phi) is 3.73. The quantitative estimate of drug-likeness (QED) is 0.712. The highest BCUT2D eigenvalue weighted by molar-refractivity contribution is 5.76. The van der Waals surface area contributed by atoms with Gasteiger partial charge in [0.15, 0.2) is 0 Å². The minimum Gasteiger partial charge on any atom is -0.507 e. The van der Waals surface area contributed by atoms with E-state index in [2.05, 4.69) is 0 Å². The van der Waals surface area contributed by atoms with Crippen LogP contribution in [0.5, 0.6) is 11.5 Å². The fourth-order valence-electron chi connectivity index (χ4n) is 1.48. The van der Waals surface area contributed by atoms with Crippen molar-refractivity contribution in [2.24, 2.45) is 5.73 Å². The van der Waals surface area contributed by atoms with E-state index in [0.717, 1.165) is 5.56 Å². The normalized spacial score (nSPS) is 12.2. The summed E-state index contributed by atoms with van der Waals surface area (Å²) in [4.78, 5) is 10.7. The second-order valence-electron chi connectivity index (χ2n) is 3.39. The standard InChI is InChI=1S/C11H15NO4/c1-3-6-4-7(10(12)11(14)15)8(13)5-9(6)16-2/h4-5,10,13H,3,12H2,1-2H3,(H,14,15). The Bertz CT molecular complexity index is 403. The zero-order chi connectivity index (χ0) is 12.3. The van der Waals surface area contributed by atoms with E-state index in [4.69, 9.17) is 15.6 Å². The first-order valence-corrected chi connectivity index (χ1v) is 4.89. The van der Waals surface area contributed by atoms with E-state index in [-0.39, 0.29) is 11.3 Å². The molecule has 1 aromatic carbocycles. The smallest absolute Gasteiger partial charge is 0.325 e. The number of benzene rings is 1. The van der Waals surface area contributed by atoms with Crippen molar-refractivity contribution in [3.63, 3.8) is 0 Å². The molecule has 0 saturated carbocycles. The van der Waals surface area contributed by atoms with Crippen LogP contribution in [0.1, 0.15) is 24.1 Å². The number of carboxylic acid groups (broad SMARTS) is 1. The summed E-state index contributed by atoms with van der Waals surface area (Å²) < 4.78 is 5.06. The Morgan fingerprint density at radius 3 is 2.62 bits per heavy atom. The number of ether oxygens (including phenoxy) is 1. The van der Waals surface area contributed by atoms with Crippen LogP contribution in [0.3, 0.4) is 0 Å². The van der Waals surface area contributed by atoms with Gasteiger partial charge in [-0.05, 0) is 18.1 Å². The summed E-state index contributed by atoms with van der Waals surface area (Å²) in [5.41, 5.74) is 6.46. The highest BCUT2D eigenvalue weighted by Crippen LogP contribution is 2.31. The third kappa shape index (κ3) is 2.25.